The molecule has 1 atom stereocenters. The van der Waals surface area contributed by atoms with Crippen molar-refractivity contribution in [2.75, 3.05) is 6.54 Å². The number of amides is 1. The fourth-order valence-corrected chi connectivity index (χ4v) is 1.71. The minimum Gasteiger partial charge on any atom is -0.349 e. The number of hydrogen-bond acceptors (Lipinski definition) is 2. The zero-order valence-corrected chi connectivity index (χ0v) is 10.9. The third kappa shape index (κ3) is 4.19. The lowest BCUT2D eigenvalue weighted by Crippen LogP contribution is -2.39. The summed E-state index contributed by atoms with van der Waals surface area (Å²) in [5.41, 5.74) is 7.41. The monoisotopic (exact) mass is 234 g/mol. The number of carbonyl (C=O) groups is 1. The average Bonchev–Trinajstić information content (AvgIpc) is 2.29. The van der Waals surface area contributed by atoms with E-state index in [1.165, 1.54) is 0 Å². The molecular weight excluding hydrogens is 212 g/mol. The van der Waals surface area contributed by atoms with E-state index in [0.29, 0.717) is 18.0 Å². The number of carbonyl (C=O) groups excluding carboxylic acids is 1. The van der Waals surface area contributed by atoms with Gasteiger partial charge in [0.25, 0.3) is 5.91 Å². The van der Waals surface area contributed by atoms with E-state index in [-0.39, 0.29) is 11.9 Å². The van der Waals surface area contributed by atoms with Gasteiger partial charge in [-0.3, -0.25) is 4.79 Å². The highest BCUT2D eigenvalue weighted by Gasteiger charge is 2.16. The molecule has 3 N–H and O–H groups in total. The standard InChI is InChI=1S/C14H22N2O/c1-10(2)13(8-9-15)16-14(17)12-6-4-11(3)5-7-12/h4-7,10,13H,8-9,15H2,1-3H3,(H,16,17). The molecule has 0 aromatic heterocycles. The highest BCUT2D eigenvalue weighted by atomic mass is 16.1. The molecule has 0 aliphatic carbocycles. The van der Waals surface area contributed by atoms with E-state index in [1.807, 2.05) is 31.2 Å². The molecule has 1 amide bonds. The maximum absolute atomic E-state index is 12.0. The van der Waals surface area contributed by atoms with Crippen LogP contribution in [-0.2, 0) is 0 Å². The minimum atomic E-state index is -0.0165. The molecule has 0 saturated carbocycles. The van der Waals surface area contributed by atoms with Gasteiger partial charge in [-0.15, -0.1) is 0 Å². The van der Waals surface area contributed by atoms with Crippen molar-refractivity contribution in [2.24, 2.45) is 11.7 Å². The summed E-state index contributed by atoms with van der Waals surface area (Å²) in [6.45, 7) is 6.79. The zero-order valence-electron chi connectivity index (χ0n) is 10.9. The first-order valence-electron chi connectivity index (χ1n) is 6.12. The Morgan fingerprint density at radius 2 is 1.88 bits per heavy atom. The Balaban J connectivity index is 2.66. The van der Waals surface area contributed by atoms with Gasteiger partial charge >= 0.3 is 0 Å². The smallest absolute Gasteiger partial charge is 0.251 e. The molecule has 0 heterocycles. The molecule has 3 heteroatoms. The van der Waals surface area contributed by atoms with Crippen LogP contribution in [0.3, 0.4) is 0 Å². The normalized spacial score (nSPS) is 12.5. The van der Waals surface area contributed by atoms with Crippen LogP contribution in [0.25, 0.3) is 0 Å². The molecule has 3 nitrogen and oxygen atoms in total. The minimum absolute atomic E-state index is 0.0165. The lowest BCUT2D eigenvalue weighted by Gasteiger charge is -2.21. The maximum Gasteiger partial charge on any atom is 0.251 e. The van der Waals surface area contributed by atoms with Crippen LogP contribution in [0.1, 0.15) is 36.2 Å². The highest BCUT2D eigenvalue weighted by Crippen LogP contribution is 2.08. The average molecular weight is 234 g/mol. The van der Waals surface area contributed by atoms with Gasteiger partial charge in [0.2, 0.25) is 0 Å². The van der Waals surface area contributed by atoms with Crippen molar-refractivity contribution < 1.29 is 4.79 Å². The summed E-state index contributed by atoms with van der Waals surface area (Å²) in [5.74, 6) is 0.380. The SMILES string of the molecule is Cc1ccc(C(=O)NC(CCN)C(C)C)cc1. The molecule has 0 saturated heterocycles. The third-order valence-corrected chi connectivity index (χ3v) is 2.91. The topological polar surface area (TPSA) is 55.1 Å². The first kappa shape index (κ1) is 13.7. The van der Waals surface area contributed by atoms with Crippen LogP contribution >= 0.6 is 0 Å². The summed E-state index contributed by atoms with van der Waals surface area (Å²) in [5, 5.41) is 3.03. The van der Waals surface area contributed by atoms with Gasteiger partial charge in [-0.1, -0.05) is 31.5 Å². The molecule has 17 heavy (non-hydrogen) atoms. The van der Waals surface area contributed by atoms with Crippen molar-refractivity contribution in [3.63, 3.8) is 0 Å². The molecule has 0 spiro atoms. The van der Waals surface area contributed by atoms with Gasteiger partial charge in [0.1, 0.15) is 0 Å². The van der Waals surface area contributed by atoms with Crippen molar-refractivity contribution in [1.82, 2.24) is 5.32 Å². The number of nitrogens with one attached hydrogen (secondary N) is 1. The third-order valence-electron chi connectivity index (χ3n) is 2.91. The van der Waals surface area contributed by atoms with E-state index in [0.717, 1.165) is 12.0 Å². The van der Waals surface area contributed by atoms with Crippen molar-refractivity contribution >= 4 is 5.91 Å². The lowest BCUT2D eigenvalue weighted by atomic mass is 10.0. The van der Waals surface area contributed by atoms with Crippen LogP contribution in [0, 0.1) is 12.8 Å². The summed E-state index contributed by atoms with van der Waals surface area (Å²) in [4.78, 5) is 12.0. The van der Waals surface area contributed by atoms with Crippen LogP contribution in [0.5, 0.6) is 0 Å². The molecule has 94 valence electrons. The number of aryl methyl sites for hydroxylation is 1. The molecule has 0 radical (unpaired) electrons. The summed E-state index contributed by atoms with van der Waals surface area (Å²) in [6.07, 6.45) is 0.815. The van der Waals surface area contributed by atoms with E-state index in [2.05, 4.69) is 19.2 Å². The maximum atomic E-state index is 12.0. The number of rotatable bonds is 5. The molecule has 0 aliphatic rings. The Morgan fingerprint density at radius 1 is 1.29 bits per heavy atom. The van der Waals surface area contributed by atoms with E-state index in [4.69, 9.17) is 5.73 Å². The first-order valence-corrected chi connectivity index (χ1v) is 6.12. The Morgan fingerprint density at radius 3 is 2.35 bits per heavy atom. The highest BCUT2D eigenvalue weighted by molar-refractivity contribution is 5.94. The predicted molar refractivity (Wildman–Crippen MR) is 70.9 cm³/mol. The van der Waals surface area contributed by atoms with E-state index < -0.39 is 0 Å². The fraction of sp³-hybridized carbons (Fsp3) is 0.500. The number of nitrogens with two attached hydrogens (primary N) is 1. The zero-order chi connectivity index (χ0) is 12.8. The van der Waals surface area contributed by atoms with E-state index in [1.54, 1.807) is 0 Å². The molecule has 0 aliphatic heterocycles. The largest absolute Gasteiger partial charge is 0.349 e. The molecule has 0 bridgehead atoms. The second kappa shape index (κ2) is 6.40. The Hall–Kier alpha value is -1.35. The molecule has 1 aromatic rings. The van der Waals surface area contributed by atoms with Gasteiger partial charge < -0.3 is 11.1 Å². The number of hydrogen-bond donors (Lipinski definition) is 2. The lowest BCUT2D eigenvalue weighted by molar-refractivity contribution is 0.0924. The van der Waals surface area contributed by atoms with Crippen molar-refractivity contribution in [2.45, 2.75) is 33.2 Å². The number of benzene rings is 1. The fourth-order valence-electron chi connectivity index (χ4n) is 1.71. The quantitative estimate of drug-likeness (QED) is 0.819. The summed E-state index contributed by atoms with van der Waals surface area (Å²) >= 11 is 0. The Kier molecular flexibility index (Phi) is 5.16. The first-order chi connectivity index (χ1) is 8.04. The van der Waals surface area contributed by atoms with Gasteiger partial charge in [0, 0.05) is 11.6 Å². The van der Waals surface area contributed by atoms with Crippen LogP contribution in [0.2, 0.25) is 0 Å². The second-order valence-corrected chi connectivity index (χ2v) is 4.77. The van der Waals surface area contributed by atoms with E-state index in [9.17, 15) is 4.79 Å². The molecule has 0 fully saturated rings. The van der Waals surface area contributed by atoms with Crippen LogP contribution in [0.15, 0.2) is 24.3 Å². The van der Waals surface area contributed by atoms with Gasteiger partial charge in [-0.2, -0.15) is 0 Å². The van der Waals surface area contributed by atoms with Gasteiger partial charge in [0.05, 0.1) is 0 Å². The Labute approximate surface area is 103 Å². The Bertz CT molecular complexity index is 357. The van der Waals surface area contributed by atoms with Gasteiger partial charge in [0.15, 0.2) is 0 Å². The second-order valence-electron chi connectivity index (χ2n) is 4.77. The summed E-state index contributed by atoms with van der Waals surface area (Å²) in [6, 6.07) is 7.74. The van der Waals surface area contributed by atoms with Crippen molar-refractivity contribution in [1.29, 1.82) is 0 Å². The summed E-state index contributed by atoms with van der Waals surface area (Å²) in [7, 11) is 0. The van der Waals surface area contributed by atoms with Gasteiger partial charge in [-0.25, -0.2) is 0 Å². The van der Waals surface area contributed by atoms with E-state index >= 15 is 0 Å². The molecule has 1 unspecified atom stereocenters. The van der Waals surface area contributed by atoms with Crippen LogP contribution in [0.4, 0.5) is 0 Å². The van der Waals surface area contributed by atoms with Crippen LogP contribution in [-0.4, -0.2) is 18.5 Å². The molecule has 1 aromatic carbocycles. The summed E-state index contributed by atoms with van der Waals surface area (Å²) < 4.78 is 0. The molecular formula is C14H22N2O. The van der Waals surface area contributed by atoms with Crippen LogP contribution < -0.4 is 11.1 Å². The van der Waals surface area contributed by atoms with Crippen molar-refractivity contribution in [3.05, 3.63) is 35.4 Å². The van der Waals surface area contributed by atoms with Gasteiger partial charge in [-0.05, 0) is 37.9 Å². The van der Waals surface area contributed by atoms with Crippen molar-refractivity contribution in [3.8, 4) is 0 Å². The predicted octanol–water partition coefficient (Wildman–Crippen LogP) is 2.10. The molecule has 1 rings (SSSR count).